The summed E-state index contributed by atoms with van der Waals surface area (Å²) in [7, 11) is 0. The number of hydrogen-bond acceptors (Lipinski definition) is 2. The van der Waals surface area contributed by atoms with Gasteiger partial charge >= 0.3 is 0 Å². The average molecular weight is 355 g/mol. The third-order valence-corrected chi connectivity index (χ3v) is 5.14. The molecule has 0 radical (unpaired) electrons. The van der Waals surface area contributed by atoms with E-state index in [-0.39, 0.29) is 5.78 Å². The number of aliphatic hydroxyl groups is 1. The van der Waals surface area contributed by atoms with Gasteiger partial charge < -0.3 is 5.11 Å². The molecular formula is C23H46O2. The molecule has 0 saturated carbocycles. The van der Waals surface area contributed by atoms with Crippen LogP contribution >= 0.6 is 0 Å². The first-order chi connectivity index (χ1) is 12.2. The molecule has 1 unspecified atom stereocenters. The van der Waals surface area contributed by atoms with E-state index in [4.69, 9.17) is 0 Å². The molecular weight excluding hydrogens is 308 g/mol. The summed E-state index contributed by atoms with van der Waals surface area (Å²) >= 11 is 0. The second-order valence-electron chi connectivity index (χ2n) is 7.89. The summed E-state index contributed by atoms with van der Waals surface area (Å²) < 4.78 is 0. The van der Waals surface area contributed by atoms with Gasteiger partial charge in [-0.15, -0.1) is 0 Å². The number of Topliss-reactive ketones (excluding diaryl/α,β-unsaturated/α-hetero) is 1. The summed E-state index contributed by atoms with van der Waals surface area (Å²) in [5.41, 5.74) is 0. The third-order valence-electron chi connectivity index (χ3n) is 5.14. The highest BCUT2D eigenvalue weighted by Gasteiger charge is 2.09. The van der Waals surface area contributed by atoms with Crippen molar-refractivity contribution in [3.8, 4) is 0 Å². The summed E-state index contributed by atoms with van der Waals surface area (Å²) in [6.07, 6.45) is 22.6. The summed E-state index contributed by atoms with van der Waals surface area (Å²) in [6, 6.07) is 0. The Morgan fingerprint density at radius 2 is 1.04 bits per heavy atom. The normalized spacial score (nSPS) is 12.4. The zero-order chi connectivity index (χ0) is 18.6. The average Bonchev–Trinajstić information content (AvgIpc) is 2.58. The quantitative estimate of drug-likeness (QED) is 0.232. The van der Waals surface area contributed by atoms with Crippen LogP contribution in [0.15, 0.2) is 0 Å². The maximum Gasteiger partial charge on any atom is 0.135 e. The molecule has 0 spiro atoms. The minimum Gasteiger partial charge on any atom is -0.393 e. The van der Waals surface area contributed by atoms with Gasteiger partial charge in [0.1, 0.15) is 5.78 Å². The number of carbonyl (C=O) groups is 1. The second kappa shape index (κ2) is 19.9. The van der Waals surface area contributed by atoms with Crippen LogP contribution in [0.3, 0.4) is 0 Å². The van der Waals surface area contributed by atoms with Gasteiger partial charge in [-0.25, -0.2) is 0 Å². The van der Waals surface area contributed by atoms with Gasteiger partial charge in [0.25, 0.3) is 0 Å². The molecule has 0 bridgehead atoms. The number of hydrogen-bond donors (Lipinski definition) is 1. The van der Waals surface area contributed by atoms with Crippen molar-refractivity contribution in [1.29, 1.82) is 0 Å². The minimum absolute atomic E-state index is 0.246. The molecule has 0 aromatic heterocycles. The standard InChI is InChI=1S/C23H46O2/c1-3-5-6-7-8-9-10-11-12-13-14-15-16-17-18-20-23(25)21-22(24)19-4-2/h22,24H,3-21H2,1-2H3. The predicted molar refractivity (Wildman–Crippen MR) is 110 cm³/mol. The van der Waals surface area contributed by atoms with Crippen LogP contribution < -0.4 is 0 Å². The first-order valence-electron chi connectivity index (χ1n) is 11.4. The Balaban J connectivity index is 3.15. The molecule has 2 heteroatoms. The van der Waals surface area contributed by atoms with Crippen molar-refractivity contribution < 1.29 is 9.90 Å². The first-order valence-corrected chi connectivity index (χ1v) is 11.4. The van der Waals surface area contributed by atoms with E-state index in [9.17, 15) is 9.90 Å². The lowest BCUT2D eigenvalue weighted by atomic mass is 10.0. The summed E-state index contributed by atoms with van der Waals surface area (Å²) in [5.74, 6) is 0.246. The molecule has 0 saturated heterocycles. The SMILES string of the molecule is CCCCCCCCCCCCCCCCCC(=O)CC(O)CCC. The van der Waals surface area contributed by atoms with Crippen LogP contribution in [0.4, 0.5) is 0 Å². The first kappa shape index (κ1) is 24.6. The van der Waals surface area contributed by atoms with Crippen LogP contribution in [0.2, 0.25) is 0 Å². The van der Waals surface area contributed by atoms with E-state index in [0.29, 0.717) is 12.8 Å². The van der Waals surface area contributed by atoms with Crippen LogP contribution in [0.1, 0.15) is 136 Å². The molecule has 150 valence electrons. The van der Waals surface area contributed by atoms with E-state index in [0.717, 1.165) is 19.3 Å². The second-order valence-corrected chi connectivity index (χ2v) is 7.89. The van der Waals surface area contributed by atoms with Gasteiger partial charge in [0, 0.05) is 12.8 Å². The fraction of sp³-hybridized carbons (Fsp3) is 0.957. The number of carbonyl (C=O) groups excluding carboxylic acids is 1. The highest BCUT2D eigenvalue weighted by Crippen LogP contribution is 2.14. The molecule has 1 atom stereocenters. The molecule has 0 fully saturated rings. The molecule has 1 N–H and O–H groups in total. The summed E-state index contributed by atoms with van der Waals surface area (Å²) in [4.78, 5) is 11.7. The zero-order valence-corrected chi connectivity index (χ0v) is 17.4. The largest absolute Gasteiger partial charge is 0.393 e. The maximum atomic E-state index is 11.7. The van der Waals surface area contributed by atoms with Gasteiger partial charge in [0.05, 0.1) is 6.10 Å². The third kappa shape index (κ3) is 19.8. The van der Waals surface area contributed by atoms with Gasteiger partial charge in [0.2, 0.25) is 0 Å². The Morgan fingerprint density at radius 1 is 0.640 bits per heavy atom. The van der Waals surface area contributed by atoms with E-state index < -0.39 is 6.10 Å². The molecule has 0 aliphatic heterocycles. The van der Waals surface area contributed by atoms with E-state index >= 15 is 0 Å². The van der Waals surface area contributed by atoms with Gasteiger partial charge in [-0.1, -0.05) is 110 Å². The Kier molecular flexibility index (Phi) is 19.7. The van der Waals surface area contributed by atoms with Crippen molar-refractivity contribution >= 4 is 5.78 Å². The van der Waals surface area contributed by atoms with Crippen molar-refractivity contribution in [1.82, 2.24) is 0 Å². The smallest absolute Gasteiger partial charge is 0.135 e. The van der Waals surface area contributed by atoms with Gasteiger partial charge in [-0.3, -0.25) is 4.79 Å². The van der Waals surface area contributed by atoms with Crippen molar-refractivity contribution in [2.24, 2.45) is 0 Å². The van der Waals surface area contributed by atoms with E-state index in [1.807, 2.05) is 6.92 Å². The van der Waals surface area contributed by atoms with Crippen LogP contribution in [-0.2, 0) is 4.79 Å². The van der Waals surface area contributed by atoms with Gasteiger partial charge in [-0.05, 0) is 12.8 Å². The van der Waals surface area contributed by atoms with Crippen LogP contribution in [0.5, 0.6) is 0 Å². The molecule has 0 aromatic carbocycles. The Hall–Kier alpha value is -0.370. The lowest BCUT2D eigenvalue weighted by Gasteiger charge is -2.07. The van der Waals surface area contributed by atoms with E-state index in [2.05, 4.69) is 6.92 Å². The number of aliphatic hydroxyl groups excluding tert-OH is 1. The summed E-state index contributed by atoms with van der Waals surface area (Å²) in [6.45, 7) is 4.32. The topological polar surface area (TPSA) is 37.3 Å². The Morgan fingerprint density at radius 3 is 1.44 bits per heavy atom. The molecule has 0 rings (SSSR count). The van der Waals surface area contributed by atoms with Crippen molar-refractivity contribution in [2.45, 2.75) is 142 Å². The molecule has 0 aromatic rings. The van der Waals surface area contributed by atoms with Crippen LogP contribution in [-0.4, -0.2) is 17.0 Å². The minimum atomic E-state index is -0.408. The fourth-order valence-corrected chi connectivity index (χ4v) is 3.49. The molecule has 0 amide bonds. The monoisotopic (exact) mass is 354 g/mol. The van der Waals surface area contributed by atoms with Gasteiger partial charge in [-0.2, -0.15) is 0 Å². The lowest BCUT2D eigenvalue weighted by Crippen LogP contribution is -2.12. The Labute approximate surface area is 158 Å². The zero-order valence-electron chi connectivity index (χ0n) is 17.4. The molecule has 25 heavy (non-hydrogen) atoms. The van der Waals surface area contributed by atoms with Crippen molar-refractivity contribution in [3.05, 3.63) is 0 Å². The Bertz CT molecular complexity index is 275. The highest BCUT2D eigenvalue weighted by atomic mass is 16.3. The van der Waals surface area contributed by atoms with Crippen molar-refractivity contribution in [3.63, 3.8) is 0 Å². The number of unbranched alkanes of at least 4 members (excludes halogenated alkanes) is 14. The highest BCUT2D eigenvalue weighted by molar-refractivity contribution is 5.78. The van der Waals surface area contributed by atoms with Crippen LogP contribution in [0.25, 0.3) is 0 Å². The molecule has 2 nitrogen and oxygen atoms in total. The van der Waals surface area contributed by atoms with Crippen molar-refractivity contribution in [2.75, 3.05) is 0 Å². The van der Waals surface area contributed by atoms with E-state index in [1.165, 1.54) is 89.9 Å². The maximum absolute atomic E-state index is 11.7. The lowest BCUT2D eigenvalue weighted by molar-refractivity contribution is -0.121. The fourth-order valence-electron chi connectivity index (χ4n) is 3.49. The number of ketones is 1. The van der Waals surface area contributed by atoms with Crippen LogP contribution in [0, 0.1) is 0 Å². The molecule has 0 aliphatic carbocycles. The number of rotatable bonds is 20. The van der Waals surface area contributed by atoms with E-state index in [1.54, 1.807) is 0 Å². The van der Waals surface area contributed by atoms with Gasteiger partial charge in [0.15, 0.2) is 0 Å². The molecule has 0 heterocycles. The summed E-state index contributed by atoms with van der Waals surface area (Å²) in [5, 5.41) is 9.62. The molecule has 0 aliphatic rings. The predicted octanol–water partition coefficient (Wildman–Crippen LogP) is 7.37.